The first-order valence-electron chi connectivity index (χ1n) is 5.69. The molecule has 0 radical (unpaired) electrons. The van der Waals surface area contributed by atoms with Gasteiger partial charge in [0.2, 0.25) is 0 Å². The predicted octanol–water partition coefficient (Wildman–Crippen LogP) is 1.09. The molecule has 2 N–H and O–H groups in total. The topological polar surface area (TPSA) is 60.6 Å². The van der Waals surface area contributed by atoms with Gasteiger partial charge in [-0.25, -0.2) is 4.98 Å². The lowest BCUT2D eigenvalue weighted by Crippen LogP contribution is -2.28. The van der Waals surface area contributed by atoms with E-state index in [4.69, 9.17) is 15.2 Å². The summed E-state index contributed by atoms with van der Waals surface area (Å²) in [5, 5.41) is 1.01. The van der Waals surface area contributed by atoms with Crippen LogP contribution in [0.4, 0.5) is 5.13 Å². The van der Waals surface area contributed by atoms with Gasteiger partial charge in [-0.05, 0) is 6.42 Å². The third kappa shape index (κ3) is 4.99. The van der Waals surface area contributed by atoms with E-state index in [-0.39, 0.29) is 0 Å². The third-order valence-electron chi connectivity index (χ3n) is 2.35. The maximum absolute atomic E-state index is 5.59. The minimum atomic E-state index is 0.549. The molecule has 98 valence electrons. The van der Waals surface area contributed by atoms with Gasteiger partial charge < -0.3 is 20.1 Å². The lowest BCUT2D eigenvalue weighted by molar-refractivity contribution is 0.191. The van der Waals surface area contributed by atoms with Gasteiger partial charge in [0.25, 0.3) is 0 Å². The van der Waals surface area contributed by atoms with Crippen LogP contribution < -0.4 is 10.6 Å². The Morgan fingerprint density at radius 1 is 1.29 bits per heavy atom. The second kappa shape index (κ2) is 8.41. The van der Waals surface area contributed by atoms with Crippen LogP contribution in [-0.2, 0) is 16.0 Å². The van der Waals surface area contributed by atoms with Crippen molar-refractivity contribution in [2.24, 2.45) is 5.73 Å². The van der Waals surface area contributed by atoms with Crippen LogP contribution in [0.2, 0.25) is 0 Å². The summed E-state index contributed by atoms with van der Waals surface area (Å²) in [6.07, 6.45) is 2.83. The largest absolute Gasteiger partial charge is 0.385 e. The molecule has 0 aliphatic carbocycles. The smallest absolute Gasteiger partial charge is 0.185 e. The first kappa shape index (κ1) is 14.4. The number of methoxy groups -OCH3 is 2. The van der Waals surface area contributed by atoms with Crippen molar-refractivity contribution in [2.45, 2.75) is 13.0 Å². The summed E-state index contributed by atoms with van der Waals surface area (Å²) < 4.78 is 10.2. The molecule has 0 saturated carbocycles. The maximum Gasteiger partial charge on any atom is 0.185 e. The lowest BCUT2D eigenvalue weighted by atomic mass is 10.4. The lowest BCUT2D eigenvalue weighted by Gasteiger charge is -2.21. The second-order valence-electron chi connectivity index (χ2n) is 3.64. The molecule has 0 fully saturated rings. The SMILES string of the molecule is COCCCN(CCOC)c1ncc(CN)s1. The molecule has 0 saturated heterocycles. The highest BCUT2D eigenvalue weighted by atomic mass is 32.1. The number of hydrogen-bond donors (Lipinski definition) is 1. The molecule has 0 amide bonds. The summed E-state index contributed by atoms with van der Waals surface area (Å²) in [6.45, 7) is 3.78. The maximum atomic E-state index is 5.59. The van der Waals surface area contributed by atoms with E-state index in [1.165, 1.54) is 0 Å². The molecule has 1 aromatic heterocycles. The quantitative estimate of drug-likeness (QED) is 0.673. The van der Waals surface area contributed by atoms with Crippen LogP contribution in [0.1, 0.15) is 11.3 Å². The van der Waals surface area contributed by atoms with Crippen molar-refractivity contribution in [3.8, 4) is 0 Å². The van der Waals surface area contributed by atoms with Gasteiger partial charge >= 0.3 is 0 Å². The molecule has 5 nitrogen and oxygen atoms in total. The Morgan fingerprint density at radius 3 is 2.65 bits per heavy atom. The monoisotopic (exact) mass is 259 g/mol. The summed E-state index contributed by atoms with van der Waals surface area (Å²) in [7, 11) is 3.43. The standard InChI is InChI=1S/C11H21N3O2S/c1-15-6-3-4-14(5-7-16-2)11-13-9-10(8-12)17-11/h9H,3-8,12H2,1-2H3. The van der Waals surface area contributed by atoms with Crippen LogP contribution in [0, 0.1) is 0 Å². The normalized spacial score (nSPS) is 10.8. The zero-order valence-corrected chi connectivity index (χ0v) is 11.3. The number of nitrogens with two attached hydrogens (primary N) is 1. The molecule has 1 aromatic rings. The van der Waals surface area contributed by atoms with Gasteiger partial charge in [-0.3, -0.25) is 0 Å². The number of hydrogen-bond acceptors (Lipinski definition) is 6. The van der Waals surface area contributed by atoms with Gasteiger partial charge in [0.05, 0.1) is 6.61 Å². The molecule has 0 bridgehead atoms. The van der Waals surface area contributed by atoms with Crippen molar-refractivity contribution in [1.29, 1.82) is 0 Å². The zero-order chi connectivity index (χ0) is 12.5. The highest BCUT2D eigenvalue weighted by Crippen LogP contribution is 2.22. The van der Waals surface area contributed by atoms with E-state index in [1.807, 2.05) is 6.20 Å². The van der Waals surface area contributed by atoms with E-state index < -0.39 is 0 Å². The van der Waals surface area contributed by atoms with Crippen molar-refractivity contribution >= 4 is 16.5 Å². The molecule has 6 heteroatoms. The highest BCUT2D eigenvalue weighted by molar-refractivity contribution is 7.15. The van der Waals surface area contributed by atoms with Crippen molar-refractivity contribution in [3.63, 3.8) is 0 Å². The molecule has 1 heterocycles. The average Bonchev–Trinajstić information content (AvgIpc) is 2.82. The summed E-state index contributed by atoms with van der Waals surface area (Å²) in [5.41, 5.74) is 5.59. The van der Waals surface area contributed by atoms with Crippen LogP contribution in [0.15, 0.2) is 6.20 Å². The van der Waals surface area contributed by atoms with Gasteiger partial charge in [0.15, 0.2) is 5.13 Å². The molecule has 0 spiro atoms. The molecule has 0 aromatic carbocycles. The van der Waals surface area contributed by atoms with Gasteiger partial charge in [-0.15, -0.1) is 11.3 Å². The fourth-order valence-corrected chi connectivity index (χ4v) is 2.28. The van der Waals surface area contributed by atoms with Gasteiger partial charge in [-0.1, -0.05) is 0 Å². The van der Waals surface area contributed by atoms with E-state index >= 15 is 0 Å². The fraction of sp³-hybridized carbons (Fsp3) is 0.727. The summed E-state index contributed by atoms with van der Waals surface area (Å²) >= 11 is 1.64. The Balaban J connectivity index is 2.54. The van der Waals surface area contributed by atoms with E-state index in [9.17, 15) is 0 Å². The van der Waals surface area contributed by atoms with E-state index in [0.29, 0.717) is 13.2 Å². The van der Waals surface area contributed by atoms with Crippen molar-refractivity contribution in [3.05, 3.63) is 11.1 Å². The number of anilines is 1. The van der Waals surface area contributed by atoms with Crippen molar-refractivity contribution < 1.29 is 9.47 Å². The average molecular weight is 259 g/mol. The molecule has 0 atom stereocenters. The van der Waals surface area contributed by atoms with Gasteiger partial charge in [-0.2, -0.15) is 0 Å². The minimum Gasteiger partial charge on any atom is -0.385 e. The molecule has 0 aliphatic heterocycles. The highest BCUT2D eigenvalue weighted by Gasteiger charge is 2.10. The number of thiazole rings is 1. The predicted molar refractivity (Wildman–Crippen MR) is 70.6 cm³/mol. The Bertz CT molecular complexity index is 307. The summed E-state index contributed by atoms with van der Waals surface area (Å²) in [6, 6.07) is 0. The van der Waals surface area contributed by atoms with Crippen LogP contribution in [-0.4, -0.2) is 45.5 Å². The van der Waals surface area contributed by atoms with Gasteiger partial charge in [0, 0.05) is 51.5 Å². The summed E-state index contributed by atoms with van der Waals surface area (Å²) in [4.78, 5) is 7.71. The van der Waals surface area contributed by atoms with Crippen LogP contribution in [0.5, 0.6) is 0 Å². The zero-order valence-electron chi connectivity index (χ0n) is 10.5. The number of ether oxygens (including phenoxy) is 2. The van der Waals surface area contributed by atoms with E-state index in [2.05, 4.69) is 9.88 Å². The number of nitrogens with zero attached hydrogens (tertiary/aromatic N) is 2. The second-order valence-corrected chi connectivity index (χ2v) is 4.73. The van der Waals surface area contributed by atoms with Crippen LogP contribution >= 0.6 is 11.3 Å². The first-order valence-corrected chi connectivity index (χ1v) is 6.51. The Labute approximate surface area is 107 Å². The van der Waals surface area contributed by atoms with Crippen LogP contribution in [0.25, 0.3) is 0 Å². The Kier molecular flexibility index (Phi) is 7.11. The van der Waals surface area contributed by atoms with Gasteiger partial charge in [0.1, 0.15) is 0 Å². The van der Waals surface area contributed by atoms with E-state index in [0.717, 1.165) is 36.1 Å². The Hall–Kier alpha value is -0.690. The molecule has 0 aliphatic rings. The van der Waals surface area contributed by atoms with Crippen molar-refractivity contribution in [1.82, 2.24) is 4.98 Å². The van der Waals surface area contributed by atoms with Crippen molar-refractivity contribution in [2.75, 3.05) is 45.4 Å². The number of rotatable bonds is 9. The fourth-order valence-electron chi connectivity index (χ4n) is 1.44. The molecule has 0 unspecified atom stereocenters. The Morgan fingerprint density at radius 2 is 2.06 bits per heavy atom. The molecule has 17 heavy (non-hydrogen) atoms. The molecule has 1 rings (SSSR count). The number of aromatic nitrogens is 1. The summed E-state index contributed by atoms with van der Waals surface area (Å²) in [5.74, 6) is 0. The molecular weight excluding hydrogens is 238 g/mol. The minimum absolute atomic E-state index is 0.549. The van der Waals surface area contributed by atoms with E-state index in [1.54, 1.807) is 25.6 Å². The third-order valence-corrected chi connectivity index (χ3v) is 3.44. The first-order chi connectivity index (χ1) is 8.31. The molecular formula is C11H21N3O2S. The van der Waals surface area contributed by atoms with Crippen LogP contribution in [0.3, 0.4) is 0 Å².